The van der Waals surface area contributed by atoms with Gasteiger partial charge in [-0.3, -0.25) is 0 Å². The van der Waals surface area contributed by atoms with Crippen molar-refractivity contribution in [1.82, 2.24) is 10.3 Å². The molecule has 0 atom stereocenters. The quantitative estimate of drug-likeness (QED) is 0.819. The van der Waals surface area contributed by atoms with Gasteiger partial charge in [-0.05, 0) is 32.4 Å². The second-order valence-corrected chi connectivity index (χ2v) is 4.15. The molecule has 2 rings (SSSR count). The van der Waals surface area contributed by atoms with E-state index in [0.29, 0.717) is 17.9 Å². The summed E-state index contributed by atoms with van der Waals surface area (Å²) in [6.07, 6.45) is 2.54. The van der Waals surface area contributed by atoms with Gasteiger partial charge in [-0.1, -0.05) is 6.07 Å². The molecule has 0 saturated heterocycles. The Labute approximate surface area is 96.0 Å². The summed E-state index contributed by atoms with van der Waals surface area (Å²) in [6.45, 7) is 1.07. The van der Waals surface area contributed by atoms with Crippen LogP contribution in [-0.4, -0.2) is 31.8 Å². The summed E-state index contributed by atoms with van der Waals surface area (Å²) >= 11 is 0. The van der Waals surface area contributed by atoms with E-state index in [1.165, 1.54) is 0 Å². The highest BCUT2D eigenvalue weighted by Crippen LogP contribution is 2.30. The fourth-order valence-corrected chi connectivity index (χ4v) is 1.97. The van der Waals surface area contributed by atoms with Gasteiger partial charge in [0, 0.05) is 12.1 Å². The number of hydrogen-bond acceptors (Lipinski definition) is 4. The van der Waals surface area contributed by atoms with Gasteiger partial charge < -0.3 is 14.8 Å². The van der Waals surface area contributed by atoms with Gasteiger partial charge in [-0.25, -0.2) is 0 Å². The SMILES string of the molecule is CNCC1CC(Oc2cccc(OC)n2)C1. The Morgan fingerprint density at radius 1 is 1.38 bits per heavy atom. The van der Waals surface area contributed by atoms with Crippen LogP contribution in [0.4, 0.5) is 0 Å². The van der Waals surface area contributed by atoms with Crippen LogP contribution < -0.4 is 14.8 Å². The first-order chi connectivity index (χ1) is 7.81. The highest BCUT2D eigenvalue weighted by Gasteiger charge is 2.30. The lowest BCUT2D eigenvalue weighted by molar-refractivity contribution is 0.0612. The standard InChI is InChI=1S/C12H18N2O2/c1-13-8-9-6-10(7-9)16-12-5-3-4-11(14-12)15-2/h3-5,9-10,13H,6-8H2,1-2H3. The van der Waals surface area contributed by atoms with Crippen molar-refractivity contribution in [2.24, 2.45) is 5.92 Å². The zero-order valence-corrected chi connectivity index (χ0v) is 9.77. The molecule has 1 N–H and O–H groups in total. The lowest BCUT2D eigenvalue weighted by Gasteiger charge is -2.34. The van der Waals surface area contributed by atoms with Crippen molar-refractivity contribution < 1.29 is 9.47 Å². The van der Waals surface area contributed by atoms with Crippen molar-refractivity contribution in [3.63, 3.8) is 0 Å². The predicted molar refractivity (Wildman–Crippen MR) is 61.9 cm³/mol. The summed E-state index contributed by atoms with van der Waals surface area (Å²) in [7, 11) is 3.59. The summed E-state index contributed by atoms with van der Waals surface area (Å²) in [5, 5.41) is 3.18. The summed E-state index contributed by atoms with van der Waals surface area (Å²) in [5.41, 5.74) is 0. The van der Waals surface area contributed by atoms with Gasteiger partial charge in [0.25, 0.3) is 0 Å². The monoisotopic (exact) mass is 222 g/mol. The molecule has 0 aromatic carbocycles. The number of aromatic nitrogens is 1. The van der Waals surface area contributed by atoms with Crippen LogP contribution in [0.3, 0.4) is 0 Å². The number of nitrogens with one attached hydrogen (secondary N) is 1. The molecule has 0 radical (unpaired) electrons. The number of methoxy groups -OCH3 is 1. The van der Waals surface area contributed by atoms with Crippen LogP contribution in [0.15, 0.2) is 18.2 Å². The summed E-state index contributed by atoms with van der Waals surface area (Å²) in [4.78, 5) is 4.22. The fraction of sp³-hybridized carbons (Fsp3) is 0.583. The average Bonchev–Trinajstić information content (AvgIpc) is 2.27. The molecule has 4 nitrogen and oxygen atoms in total. The van der Waals surface area contributed by atoms with Gasteiger partial charge in [-0.15, -0.1) is 0 Å². The lowest BCUT2D eigenvalue weighted by Crippen LogP contribution is -2.38. The molecule has 0 spiro atoms. The molecule has 1 fully saturated rings. The van der Waals surface area contributed by atoms with Crippen molar-refractivity contribution in [2.75, 3.05) is 20.7 Å². The molecule has 88 valence electrons. The second-order valence-electron chi connectivity index (χ2n) is 4.15. The van der Waals surface area contributed by atoms with Crippen LogP contribution in [0.5, 0.6) is 11.8 Å². The Morgan fingerprint density at radius 2 is 2.12 bits per heavy atom. The van der Waals surface area contributed by atoms with Crippen molar-refractivity contribution in [1.29, 1.82) is 0 Å². The van der Waals surface area contributed by atoms with E-state index in [4.69, 9.17) is 9.47 Å². The Kier molecular flexibility index (Phi) is 3.62. The minimum atomic E-state index is 0.318. The van der Waals surface area contributed by atoms with E-state index in [1.54, 1.807) is 7.11 Å². The van der Waals surface area contributed by atoms with Crippen molar-refractivity contribution in [3.8, 4) is 11.8 Å². The van der Waals surface area contributed by atoms with Crippen LogP contribution in [0.2, 0.25) is 0 Å². The van der Waals surface area contributed by atoms with E-state index in [1.807, 2.05) is 25.2 Å². The molecule has 16 heavy (non-hydrogen) atoms. The molecule has 0 unspecified atom stereocenters. The van der Waals surface area contributed by atoms with Gasteiger partial charge in [0.05, 0.1) is 7.11 Å². The van der Waals surface area contributed by atoms with Gasteiger partial charge >= 0.3 is 0 Å². The molecule has 0 amide bonds. The van der Waals surface area contributed by atoms with Crippen LogP contribution in [0.25, 0.3) is 0 Å². The summed E-state index contributed by atoms with van der Waals surface area (Å²) in [6, 6.07) is 5.58. The molecular formula is C12H18N2O2. The van der Waals surface area contributed by atoms with E-state index in [-0.39, 0.29) is 0 Å². The first kappa shape index (κ1) is 11.2. The number of hydrogen-bond donors (Lipinski definition) is 1. The summed E-state index contributed by atoms with van der Waals surface area (Å²) in [5.74, 6) is 2.01. The van der Waals surface area contributed by atoms with E-state index >= 15 is 0 Å². The third kappa shape index (κ3) is 2.64. The number of ether oxygens (including phenoxy) is 2. The molecule has 1 saturated carbocycles. The van der Waals surface area contributed by atoms with Crippen LogP contribution in [-0.2, 0) is 0 Å². The number of rotatable bonds is 5. The van der Waals surface area contributed by atoms with E-state index in [0.717, 1.165) is 25.3 Å². The van der Waals surface area contributed by atoms with Gasteiger partial charge in [0.1, 0.15) is 6.10 Å². The zero-order valence-electron chi connectivity index (χ0n) is 9.77. The predicted octanol–water partition coefficient (Wildman–Crippen LogP) is 1.47. The molecule has 1 aliphatic rings. The first-order valence-electron chi connectivity index (χ1n) is 5.64. The minimum absolute atomic E-state index is 0.318. The molecule has 1 heterocycles. The molecule has 4 heteroatoms. The zero-order chi connectivity index (χ0) is 11.4. The summed E-state index contributed by atoms with van der Waals surface area (Å²) < 4.78 is 10.8. The molecular weight excluding hydrogens is 204 g/mol. The molecule has 0 bridgehead atoms. The Balaban J connectivity index is 1.82. The maximum Gasteiger partial charge on any atom is 0.216 e. The third-order valence-corrected chi connectivity index (χ3v) is 2.88. The van der Waals surface area contributed by atoms with Crippen LogP contribution in [0, 0.1) is 5.92 Å². The largest absolute Gasteiger partial charge is 0.481 e. The van der Waals surface area contributed by atoms with Crippen molar-refractivity contribution >= 4 is 0 Å². The van der Waals surface area contributed by atoms with Gasteiger partial charge in [0.2, 0.25) is 11.8 Å². The number of nitrogens with zero attached hydrogens (tertiary/aromatic N) is 1. The molecule has 0 aliphatic heterocycles. The van der Waals surface area contributed by atoms with Crippen molar-refractivity contribution in [3.05, 3.63) is 18.2 Å². The minimum Gasteiger partial charge on any atom is -0.481 e. The highest BCUT2D eigenvalue weighted by atomic mass is 16.5. The Hall–Kier alpha value is -1.29. The maximum absolute atomic E-state index is 5.75. The Bertz CT molecular complexity index is 338. The van der Waals surface area contributed by atoms with E-state index in [9.17, 15) is 0 Å². The highest BCUT2D eigenvalue weighted by molar-refractivity contribution is 5.20. The van der Waals surface area contributed by atoms with E-state index < -0.39 is 0 Å². The molecule has 1 aromatic heterocycles. The first-order valence-corrected chi connectivity index (χ1v) is 5.64. The normalized spacial score (nSPS) is 23.6. The topological polar surface area (TPSA) is 43.4 Å². The third-order valence-electron chi connectivity index (χ3n) is 2.88. The smallest absolute Gasteiger partial charge is 0.216 e. The lowest BCUT2D eigenvalue weighted by atomic mass is 9.82. The molecule has 1 aromatic rings. The average molecular weight is 222 g/mol. The van der Waals surface area contributed by atoms with Gasteiger partial charge in [-0.2, -0.15) is 4.98 Å². The van der Waals surface area contributed by atoms with Crippen molar-refractivity contribution in [2.45, 2.75) is 18.9 Å². The second kappa shape index (κ2) is 5.16. The van der Waals surface area contributed by atoms with Crippen LogP contribution in [0.1, 0.15) is 12.8 Å². The van der Waals surface area contributed by atoms with Gasteiger partial charge in [0.15, 0.2) is 0 Å². The maximum atomic E-state index is 5.75. The Morgan fingerprint density at radius 3 is 2.81 bits per heavy atom. The fourth-order valence-electron chi connectivity index (χ4n) is 1.97. The van der Waals surface area contributed by atoms with Crippen LogP contribution >= 0.6 is 0 Å². The van der Waals surface area contributed by atoms with E-state index in [2.05, 4.69) is 10.3 Å². The molecule has 1 aliphatic carbocycles. The number of pyridine rings is 1.